The van der Waals surface area contributed by atoms with Gasteiger partial charge in [0.1, 0.15) is 5.75 Å². The predicted molar refractivity (Wildman–Crippen MR) is 82.0 cm³/mol. The largest absolute Gasteiger partial charge is 0.494 e. The van der Waals surface area contributed by atoms with Gasteiger partial charge in [-0.1, -0.05) is 18.2 Å². The van der Waals surface area contributed by atoms with Crippen LogP contribution >= 0.6 is 11.3 Å². The Morgan fingerprint density at radius 2 is 2.14 bits per heavy atom. The van der Waals surface area contributed by atoms with Crippen molar-refractivity contribution in [2.45, 2.75) is 25.9 Å². The van der Waals surface area contributed by atoms with Gasteiger partial charge in [-0.05, 0) is 18.6 Å². The van der Waals surface area contributed by atoms with Gasteiger partial charge in [0.25, 0.3) is 0 Å². The topological polar surface area (TPSA) is 68.5 Å². The van der Waals surface area contributed by atoms with Crippen LogP contribution in [-0.2, 0) is 17.9 Å². The third-order valence-electron chi connectivity index (χ3n) is 3.37. The smallest absolute Gasteiger partial charge is 0.223 e. The van der Waals surface area contributed by atoms with Gasteiger partial charge in [-0.3, -0.25) is 4.79 Å². The molecule has 2 N–H and O–H groups in total. The van der Waals surface area contributed by atoms with Gasteiger partial charge in [0.2, 0.25) is 5.91 Å². The monoisotopic (exact) mass is 303 g/mol. The van der Waals surface area contributed by atoms with Gasteiger partial charge in [0.05, 0.1) is 30.3 Å². The third-order valence-corrected chi connectivity index (χ3v) is 4.28. The van der Waals surface area contributed by atoms with E-state index >= 15 is 0 Å². The second-order valence-electron chi connectivity index (χ2n) is 4.94. The van der Waals surface area contributed by atoms with Gasteiger partial charge in [0.15, 0.2) is 5.13 Å². The van der Waals surface area contributed by atoms with Crippen molar-refractivity contribution in [1.29, 1.82) is 0 Å². The minimum absolute atomic E-state index is 0.149. The molecule has 2 aromatic rings. The van der Waals surface area contributed by atoms with Crippen LogP contribution in [0.25, 0.3) is 0 Å². The number of aromatic nitrogens is 1. The van der Waals surface area contributed by atoms with Crippen molar-refractivity contribution in [2.75, 3.05) is 12.3 Å². The number of hydrogen-bond acceptors (Lipinski definition) is 5. The highest BCUT2D eigenvalue weighted by Gasteiger charge is 2.26. The highest BCUT2D eigenvalue weighted by atomic mass is 32.1. The fourth-order valence-corrected chi connectivity index (χ4v) is 3.18. The van der Waals surface area contributed by atoms with Crippen molar-refractivity contribution in [3.63, 3.8) is 0 Å². The molecule has 21 heavy (non-hydrogen) atoms. The summed E-state index contributed by atoms with van der Waals surface area (Å²) >= 11 is 1.47. The molecule has 5 nitrogen and oxygen atoms in total. The summed E-state index contributed by atoms with van der Waals surface area (Å²) in [6.45, 7) is 1.78. The lowest BCUT2D eigenvalue weighted by molar-refractivity contribution is -0.132. The standard InChI is InChI=1S/C15H17N3O2S/c16-15-17-12-9-18(10-13(12)21-15)14(19)7-4-8-20-11-5-2-1-3-6-11/h1-3,5-6H,4,7-10H2,(H2,16,17). The summed E-state index contributed by atoms with van der Waals surface area (Å²) < 4.78 is 5.58. The Morgan fingerprint density at radius 3 is 2.90 bits per heavy atom. The van der Waals surface area contributed by atoms with E-state index in [0.29, 0.717) is 37.7 Å². The van der Waals surface area contributed by atoms with Crippen LogP contribution in [-0.4, -0.2) is 22.4 Å². The molecule has 0 spiro atoms. The molecule has 1 aromatic heterocycles. The lowest BCUT2D eigenvalue weighted by Crippen LogP contribution is -2.25. The molecule has 0 atom stereocenters. The molecule has 1 amide bonds. The zero-order chi connectivity index (χ0) is 14.7. The van der Waals surface area contributed by atoms with Crippen LogP contribution in [0.5, 0.6) is 5.75 Å². The van der Waals surface area contributed by atoms with E-state index in [1.165, 1.54) is 11.3 Å². The predicted octanol–water partition coefficient (Wildman–Crippen LogP) is 2.43. The minimum atomic E-state index is 0.149. The Balaban J connectivity index is 1.40. The molecular formula is C15H17N3O2S. The Bertz CT molecular complexity index is 604. The molecule has 0 saturated heterocycles. The molecule has 0 unspecified atom stereocenters. The van der Waals surface area contributed by atoms with Gasteiger partial charge < -0.3 is 15.4 Å². The molecule has 1 aliphatic rings. The number of nitrogens with two attached hydrogens (primary N) is 1. The second kappa shape index (κ2) is 6.13. The van der Waals surface area contributed by atoms with Crippen molar-refractivity contribution >= 4 is 22.4 Å². The van der Waals surface area contributed by atoms with Gasteiger partial charge in [-0.25, -0.2) is 4.98 Å². The van der Waals surface area contributed by atoms with Gasteiger partial charge in [0, 0.05) is 6.42 Å². The first-order valence-electron chi connectivity index (χ1n) is 6.92. The number of ether oxygens (including phenoxy) is 1. The van der Waals surface area contributed by atoms with Crippen molar-refractivity contribution in [3.8, 4) is 5.75 Å². The van der Waals surface area contributed by atoms with E-state index in [2.05, 4.69) is 4.98 Å². The van der Waals surface area contributed by atoms with Gasteiger partial charge in [-0.2, -0.15) is 0 Å². The molecule has 3 rings (SSSR count). The number of carbonyl (C=O) groups excluding carboxylic acids is 1. The number of nitrogens with zero attached hydrogens (tertiary/aromatic N) is 2. The van der Waals surface area contributed by atoms with E-state index in [0.717, 1.165) is 16.3 Å². The molecule has 2 heterocycles. The van der Waals surface area contributed by atoms with E-state index < -0.39 is 0 Å². The second-order valence-corrected chi connectivity index (χ2v) is 6.05. The number of nitrogen functional groups attached to an aromatic ring is 1. The Morgan fingerprint density at radius 1 is 1.33 bits per heavy atom. The molecule has 1 aromatic carbocycles. The lowest BCUT2D eigenvalue weighted by Gasteiger charge is -2.15. The summed E-state index contributed by atoms with van der Waals surface area (Å²) in [6.07, 6.45) is 1.21. The zero-order valence-electron chi connectivity index (χ0n) is 11.6. The summed E-state index contributed by atoms with van der Waals surface area (Å²) in [4.78, 5) is 19.3. The first-order valence-corrected chi connectivity index (χ1v) is 7.73. The highest BCUT2D eigenvalue weighted by molar-refractivity contribution is 7.15. The normalized spacial score (nSPS) is 13.2. The molecule has 0 fully saturated rings. The quantitative estimate of drug-likeness (QED) is 0.861. The number of fused-ring (bicyclic) bond motifs is 1. The maximum Gasteiger partial charge on any atom is 0.223 e. The van der Waals surface area contributed by atoms with Crippen LogP contribution in [0, 0.1) is 0 Å². The number of hydrogen-bond donors (Lipinski definition) is 1. The van der Waals surface area contributed by atoms with Crippen LogP contribution in [0.3, 0.4) is 0 Å². The number of benzene rings is 1. The molecule has 110 valence electrons. The molecule has 0 radical (unpaired) electrons. The van der Waals surface area contributed by atoms with Crippen LogP contribution in [0.1, 0.15) is 23.4 Å². The lowest BCUT2D eigenvalue weighted by atomic mass is 10.3. The van der Waals surface area contributed by atoms with Crippen LogP contribution in [0.15, 0.2) is 30.3 Å². The van der Waals surface area contributed by atoms with E-state index in [1.54, 1.807) is 0 Å². The van der Waals surface area contributed by atoms with Gasteiger partial charge in [-0.15, -0.1) is 11.3 Å². The summed E-state index contributed by atoms with van der Waals surface area (Å²) in [5.41, 5.74) is 6.60. The van der Waals surface area contributed by atoms with Gasteiger partial charge >= 0.3 is 0 Å². The molecular weight excluding hydrogens is 286 g/mol. The number of para-hydroxylation sites is 1. The number of anilines is 1. The third kappa shape index (κ3) is 3.33. The van der Waals surface area contributed by atoms with Crippen molar-refractivity contribution in [2.24, 2.45) is 0 Å². The summed E-state index contributed by atoms with van der Waals surface area (Å²) in [7, 11) is 0. The van der Waals surface area contributed by atoms with Crippen molar-refractivity contribution in [3.05, 3.63) is 40.9 Å². The van der Waals surface area contributed by atoms with Crippen molar-refractivity contribution in [1.82, 2.24) is 9.88 Å². The zero-order valence-corrected chi connectivity index (χ0v) is 12.4. The minimum Gasteiger partial charge on any atom is -0.494 e. The maximum absolute atomic E-state index is 12.1. The number of thiazole rings is 1. The molecule has 0 saturated carbocycles. The number of amides is 1. The number of carbonyl (C=O) groups is 1. The first kappa shape index (κ1) is 13.9. The van der Waals surface area contributed by atoms with E-state index in [9.17, 15) is 4.79 Å². The average molecular weight is 303 g/mol. The molecule has 0 bridgehead atoms. The van der Waals surface area contributed by atoms with Crippen LogP contribution in [0.2, 0.25) is 0 Å². The summed E-state index contributed by atoms with van der Waals surface area (Å²) in [6, 6.07) is 9.64. The maximum atomic E-state index is 12.1. The van der Waals surface area contributed by atoms with Crippen LogP contribution < -0.4 is 10.5 Å². The SMILES string of the molecule is Nc1nc2c(s1)CN(C(=O)CCCOc1ccccc1)C2. The highest BCUT2D eigenvalue weighted by Crippen LogP contribution is 2.29. The molecule has 6 heteroatoms. The first-order chi connectivity index (χ1) is 10.2. The summed E-state index contributed by atoms with van der Waals surface area (Å²) in [5, 5.41) is 0.586. The summed E-state index contributed by atoms with van der Waals surface area (Å²) in [5.74, 6) is 0.989. The average Bonchev–Trinajstić information content (AvgIpc) is 3.02. The fourth-order valence-electron chi connectivity index (χ4n) is 2.33. The molecule has 1 aliphatic heterocycles. The number of rotatable bonds is 5. The Kier molecular flexibility index (Phi) is 4.06. The Labute approximate surface area is 127 Å². The van der Waals surface area contributed by atoms with Crippen molar-refractivity contribution < 1.29 is 9.53 Å². The molecule has 0 aliphatic carbocycles. The van der Waals surface area contributed by atoms with E-state index in [1.807, 2.05) is 35.2 Å². The van der Waals surface area contributed by atoms with E-state index in [4.69, 9.17) is 10.5 Å². The fraction of sp³-hybridized carbons (Fsp3) is 0.333. The Hall–Kier alpha value is -2.08. The van der Waals surface area contributed by atoms with E-state index in [-0.39, 0.29) is 5.91 Å². The van der Waals surface area contributed by atoms with Crippen LogP contribution in [0.4, 0.5) is 5.13 Å².